The second kappa shape index (κ2) is 6.58. The fourth-order valence-corrected chi connectivity index (χ4v) is 1.45. The Morgan fingerprint density at radius 2 is 1.88 bits per heavy atom. The fourth-order valence-electron chi connectivity index (χ4n) is 1.45. The van der Waals surface area contributed by atoms with Gasteiger partial charge in [0, 0.05) is 24.3 Å². The molecule has 0 saturated heterocycles. The molecule has 0 amide bonds. The van der Waals surface area contributed by atoms with Crippen LogP contribution in [0, 0.1) is 17.5 Å². The van der Waals surface area contributed by atoms with Crippen molar-refractivity contribution in [2.45, 2.75) is 19.4 Å². The summed E-state index contributed by atoms with van der Waals surface area (Å²) in [6, 6.07) is 0.382. The Morgan fingerprint density at radius 1 is 1.29 bits per heavy atom. The molecule has 3 N–H and O–H groups in total. The fraction of sp³-hybridized carbons (Fsp3) is 0.455. The topological polar surface area (TPSA) is 47.3 Å². The minimum absolute atomic E-state index is 0.0177. The van der Waals surface area contributed by atoms with E-state index < -0.39 is 23.5 Å². The number of nitrogens with one attached hydrogen (secondary N) is 1. The lowest BCUT2D eigenvalue weighted by atomic mass is 10.1. The molecule has 3 nitrogen and oxygen atoms in total. The van der Waals surface area contributed by atoms with E-state index in [1.54, 1.807) is 0 Å². The zero-order valence-electron chi connectivity index (χ0n) is 9.47. The van der Waals surface area contributed by atoms with Gasteiger partial charge in [0.2, 0.25) is 0 Å². The number of hydrogen-bond acceptors (Lipinski definition) is 3. The lowest BCUT2D eigenvalue weighted by Crippen LogP contribution is -2.33. The van der Waals surface area contributed by atoms with Gasteiger partial charge in [-0.1, -0.05) is 6.92 Å². The average molecular weight is 248 g/mol. The molecule has 0 aliphatic carbocycles. The van der Waals surface area contributed by atoms with Crippen molar-refractivity contribution in [3.63, 3.8) is 0 Å². The van der Waals surface area contributed by atoms with Gasteiger partial charge in [0.1, 0.15) is 17.5 Å². The van der Waals surface area contributed by atoms with Crippen LogP contribution in [0.25, 0.3) is 0 Å². The molecule has 1 unspecified atom stereocenters. The largest absolute Gasteiger partial charge is 0.379 e. The van der Waals surface area contributed by atoms with Crippen LogP contribution in [0.15, 0.2) is 12.1 Å². The molecule has 1 atom stereocenters. The Hall–Kier alpha value is -1.11. The third-order valence-electron chi connectivity index (χ3n) is 2.23. The van der Waals surface area contributed by atoms with Crippen LogP contribution >= 0.6 is 0 Å². The SMILES string of the molecule is CCCOCC(NN)c1c(F)cc(F)cc1F. The van der Waals surface area contributed by atoms with Gasteiger partial charge in [0.25, 0.3) is 0 Å². The lowest BCUT2D eigenvalue weighted by molar-refractivity contribution is 0.110. The summed E-state index contributed by atoms with van der Waals surface area (Å²) in [5, 5.41) is 0. The highest BCUT2D eigenvalue weighted by Gasteiger charge is 2.20. The maximum Gasteiger partial charge on any atom is 0.133 e. The summed E-state index contributed by atoms with van der Waals surface area (Å²) in [5.74, 6) is 2.28. The predicted octanol–water partition coefficient (Wildman–Crippen LogP) is 2.03. The monoisotopic (exact) mass is 248 g/mol. The quantitative estimate of drug-likeness (QED) is 0.460. The third-order valence-corrected chi connectivity index (χ3v) is 2.23. The molecule has 0 saturated carbocycles. The maximum atomic E-state index is 13.4. The standard InChI is InChI=1S/C11H15F3N2O/c1-2-3-17-6-10(16-15)11-8(13)4-7(12)5-9(11)14/h4-5,10,16H,2-3,6,15H2,1H3. The first-order chi connectivity index (χ1) is 8.10. The number of rotatable bonds is 6. The van der Waals surface area contributed by atoms with Gasteiger partial charge in [-0.25, -0.2) is 13.2 Å². The van der Waals surface area contributed by atoms with Crippen LogP contribution < -0.4 is 11.3 Å². The van der Waals surface area contributed by atoms with Gasteiger partial charge < -0.3 is 4.74 Å². The predicted molar refractivity (Wildman–Crippen MR) is 57.5 cm³/mol. The smallest absolute Gasteiger partial charge is 0.133 e. The molecule has 1 aromatic rings. The van der Waals surface area contributed by atoms with Gasteiger partial charge in [-0.2, -0.15) is 0 Å². The first-order valence-corrected chi connectivity index (χ1v) is 5.28. The first kappa shape index (κ1) is 14.0. The minimum Gasteiger partial charge on any atom is -0.379 e. The van der Waals surface area contributed by atoms with Crippen LogP contribution in [0.3, 0.4) is 0 Å². The van der Waals surface area contributed by atoms with E-state index in [1.165, 1.54) is 0 Å². The van der Waals surface area contributed by atoms with E-state index >= 15 is 0 Å². The average Bonchev–Trinajstić information content (AvgIpc) is 2.25. The van der Waals surface area contributed by atoms with Gasteiger partial charge >= 0.3 is 0 Å². The van der Waals surface area contributed by atoms with Crippen molar-refractivity contribution in [2.24, 2.45) is 5.84 Å². The first-order valence-electron chi connectivity index (χ1n) is 5.28. The third kappa shape index (κ3) is 3.69. The van der Waals surface area contributed by atoms with E-state index in [9.17, 15) is 13.2 Å². The lowest BCUT2D eigenvalue weighted by Gasteiger charge is -2.17. The zero-order chi connectivity index (χ0) is 12.8. The Balaban J connectivity index is 2.87. The second-order valence-corrected chi connectivity index (χ2v) is 3.58. The number of hydrogen-bond donors (Lipinski definition) is 2. The van der Waals surface area contributed by atoms with Crippen molar-refractivity contribution in [1.82, 2.24) is 5.43 Å². The minimum atomic E-state index is -0.981. The molecular formula is C11H15F3N2O. The van der Waals surface area contributed by atoms with E-state index in [-0.39, 0.29) is 12.2 Å². The molecule has 0 fully saturated rings. The van der Waals surface area contributed by atoms with Gasteiger partial charge in [-0.05, 0) is 6.42 Å². The van der Waals surface area contributed by atoms with Crippen LogP contribution in [-0.2, 0) is 4.74 Å². The Labute approximate surface area is 97.7 Å². The summed E-state index contributed by atoms with van der Waals surface area (Å²) >= 11 is 0. The summed E-state index contributed by atoms with van der Waals surface area (Å²) in [4.78, 5) is 0. The van der Waals surface area contributed by atoms with E-state index in [1.807, 2.05) is 6.92 Å². The molecule has 17 heavy (non-hydrogen) atoms. The molecule has 0 spiro atoms. The van der Waals surface area contributed by atoms with Crippen molar-refractivity contribution in [1.29, 1.82) is 0 Å². The molecular weight excluding hydrogens is 233 g/mol. The molecule has 0 bridgehead atoms. The number of benzene rings is 1. The Bertz CT molecular complexity index is 351. The molecule has 0 aliphatic rings. The van der Waals surface area contributed by atoms with Crippen LogP contribution in [0.1, 0.15) is 24.9 Å². The van der Waals surface area contributed by atoms with Crippen molar-refractivity contribution in [3.8, 4) is 0 Å². The van der Waals surface area contributed by atoms with Crippen LogP contribution in [0.2, 0.25) is 0 Å². The van der Waals surface area contributed by atoms with Crippen LogP contribution in [0.4, 0.5) is 13.2 Å². The summed E-state index contributed by atoms with van der Waals surface area (Å²) in [5.41, 5.74) is 1.94. The van der Waals surface area contributed by atoms with Crippen LogP contribution in [-0.4, -0.2) is 13.2 Å². The highest BCUT2D eigenvalue weighted by molar-refractivity contribution is 5.24. The number of ether oxygens (including phenoxy) is 1. The van der Waals surface area contributed by atoms with Crippen molar-refractivity contribution < 1.29 is 17.9 Å². The molecule has 0 radical (unpaired) electrons. The van der Waals surface area contributed by atoms with E-state index in [4.69, 9.17) is 10.6 Å². The summed E-state index contributed by atoms with van der Waals surface area (Å²) < 4.78 is 44.7. The van der Waals surface area contributed by atoms with Crippen molar-refractivity contribution in [2.75, 3.05) is 13.2 Å². The van der Waals surface area contributed by atoms with Gasteiger partial charge in [-0.15, -0.1) is 0 Å². The number of nitrogens with two attached hydrogens (primary N) is 1. The number of hydrazine groups is 1. The van der Waals surface area contributed by atoms with E-state index in [2.05, 4.69) is 5.43 Å². The van der Waals surface area contributed by atoms with E-state index in [0.717, 1.165) is 6.42 Å². The molecule has 0 aromatic heterocycles. The highest BCUT2D eigenvalue weighted by Crippen LogP contribution is 2.22. The molecule has 1 aromatic carbocycles. The number of halogens is 3. The molecule has 6 heteroatoms. The van der Waals surface area contributed by atoms with Crippen LogP contribution in [0.5, 0.6) is 0 Å². The second-order valence-electron chi connectivity index (χ2n) is 3.58. The zero-order valence-corrected chi connectivity index (χ0v) is 9.47. The highest BCUT2D eigenvalue weighted by atomic mass is 19.1. The molecule has 0 heterocycles. The molecule has 96 valence electrons. The summed E-state index contributed by atoms with van der Waals surface area (Å²) in [7, 11) is 0. The van der Waals surface area contributed by atoms with Gasteiger partial charge in [0.15, 0.2) is 0 Å². The Kier molecular flexibility index (Phi) is 5.40. The Morgan fingerprint density at radius 3 is 2.35 bits per heavy atom. The maximum absolute atomic E-state index is 13.4. The molecule has 0 aliphatic heterocycles. The van der Waals surface area contributed by atoms with Crippen molar-refractivity contribution >= 4 is 0 Å². The summed E-state index contributed by atoms with van der Waals surface area (Å²) in [6.45, 7) is 2.39. The van der Waals surface area contributed by atoms with Crippen molar-refractivity contribution in [3.05, 3.63) is 35.1 Å². The van der Waals surface area contributed by atoms with Gasteiger partial charge in [0.05, 0.1) is 12.6 Å². The van der Waals surface area contributed by atoms with Gasteiger partial charge in [-0.3, -0.25) is 11.3 Å². The summed E-state index contributed by atoms with van der Waals surface area (Å²) in [6.07, 6.45) is 0.783. The normalized spacial score (nSPS) is 12.8. The molecule has 1 rings (SSSR count). The van der Waals surface area contributed by atoms with E-state index in [0.29, 0.717) is 18.7 Å².